The van der Waals surface area contributed by atoms with Crippen LogP contribution in [-0.2, 0) is 7.05 Å². The molecule has 184 valence electrons. The monoisotopic (exact) mass is 504 g/mol. The number of nitrogens with zero attached hydrogens (tertiary/aromatic N) is 6. The van der Waals surface area contributed by atoms with Crippen molar-refractivity contribution in [1.29, 1.82) is 0 Å². The summed E-state index contributed by atoms with van der Waals surface area (Å²) >= 11 is 1.37. The van der Waals surface area contributed by atoms with Crippen molar-refractivity contribution in [3.63, 3.8) is 0 Å². The Morgan fingerprint density at radius 2 is 1.81 bits per heavy atom. The normalized spacial score (nSPS) is 16.9. The van der Waals surface area contributed by atoms with Gasteiger partial charge in [-0.25, -0.2) is 9.37 Å². The summed E-state index contributed by atoms with van der Waals surface area (Å²) in [4.78, 5) is 36.0. The molecule has 0 aliphatic carbocycles. The zero-order valence-corrected chi connectivity index (χ0v) is 20.6. The van der Waals surface area contributed by atoms with E-state index >= 15 is 0 Å². The van der Waals surface area contributed by atoms with Gasteiger partial charge in [0.15, 0.2) is 5.01 Å². The summed E-state index contributed by atoms with van der Waals surface area (Å²) in [5, 5.41) is 7.76. The lowest BCUT2D eigenvalue weighted by atomic mass is 10.0. The Kier molecular flexibility index (Phi) is 5.77. The smallest absolute Gasteiger partial charge is 0.282 e. The van der Waals surface area contributed by atoms with Gasteiger partial charge in [-0.3, -0.25) is 19.2 Å². The van der Waals surface area contributed by atoms with Gasteiger partial charge in [-0.1, -0.05) is 12.1 Å². The van der Waals surface area contributed by atoms with E-state index < -0.39 is 0 Å². The highest BCUT2D eigenvalue weighted by molar-refractivity contribution is 7.11. The number of hydrogen-bond donors (Lipinski definition) is 0. The van der Waals surface area contributed by atoms with Gasteiger partial charge in [0.1, 0.15) is 11.5 Å². The number of aryl methyl sites for hydroxylation is 1. The molecule has 6 rings (SSSR count). The average molecular weight is 505 g/mol. The highest BCUT2D eigenvalue weighted by Gasteiger charge is 2.37. The molecule has 2 aromatic heterocycles. The predicted octanol–water partition coefficient (Wildman–Crippen LogP) is 3.12. The van der Waals surface area contributed by atoms with Gasteiger partial charge in [0.05, 0.1) is 5.52 Å². The van der Waals surface area contributed by atoms with E-state index in [0.29, 0.717) is 54.0 Å². The number of hydrogen-bond acceptors (Lipinski definition) is 6. The molecule has 2 amide bonds. The van der Waals surface area contributed by atoms with Crippen LogP contribution in [-0.4, -0.2) is 86.6 Å². The molecular weight excluding hydrogens is 479 g/mol. The lowest BCUT2D eigenvalue weighted by Gasteiger charge is -2.48. The van der Waals surface area contributed by atoms with E-state index in [1.165, 1.54) is 23.5 Å². The van der Waals surface area contributed by atoms with Gasteiger partial charge in [-0.15, -0.1) is 11.3 Å². The van der Waals surface area contributed by atoms with Crippen LogP contribution in [0.1, 0.15) is 20.2 Å². The number of halogens is 1. The van der Waals surface area contributed by atoms with E-state index in [4.69, 9.17) is 0 Å². The molecule has 8 nitrogen and oxygen atoms in total. The molecule has 0 unspecified atom stereocenters. The van der Waals surface area contributed by atoms with Crippen LogP contribution < -0.4 is 0 Å². The minimum absolute atomic E-state index is 0.00142. The summed E-state index contributed by atoms with van der Waals surface area (Å²) in [6, 6.07) is 12.2. The second-order valence-corrected chi connectivity index (χ2v) is 10.1. The third kappa shape index (κ3) is 4.06. The van der Waals surface area contributed by atoms with E-state index in [2.05, 4.69) is 15.0 Å². The number of likely N-dealkylation sites (tertiary alicyclic amines) is 1. The van der Waals surface area contributed by atoms with Gasteiger partial charge >= 0.3 is 0 Å². The summed E-state index contributed by atoms with van der Waals surface area (Å²) in [5.41, 5.74) is 2.83. The SMILES string of the molecule is Cn1nc(-c2cccc(F)c2)c2cc(C(=O)N3CC(N4CCN(C(=O)c5nccs5)CC4)C3)ccc21. The number of fused-ring (bicyclic) bond motifs is 1. The minimum Gasteiger partial charge on any atom is -0.335 e. The van der Waals surface area contributed by atoms with Crippen LogP contribution in [0.4, 0.5) is 4.39 Å². The Labute approximate surface area is 211 Å². The molecule has 2 fully saturated rings. The number of carbonyl (C=O) groups is 2. The summed E-state index contributed by atoms with van der Waals surface area (Å²) < 4.78 is 15.6. The van der Waals surface area contributed by atoms with Crippen molar-refractivity contribution in [3.8, 4) is 11.3 Å². The van der Waals surface area contributed by atoms with E-state index in [1.807, 2.05) is 46.5 Å². The highest BCUT2D eigenvalue weighted by Crippen LogP contribution is 2.30. The molecule has 4 heterocycles. The maximum atomic E-state index is 13.8. The Balaban J connectivity index is 1.11. The molecule has 4 aromatic rings. The zero-order chi connectivity index (χ0) is 24.8. The molecule has 2 saturated heterocycles. The molecule has 0 atom stereocenters. The van der Waals surface area contributed by atoms with Crippen molar-refractivity contribution >= 4 is 34.1 Å². The van der Waals surface area contributed by atoms with Gasteiger partial charge in [-0.05, 0) is 30.3 Å². The maximum Gasteiger partial charge on any atom is 0.282 e. The molecule has 2 aromatic carbocycles. The Hall–Kier alpha value is -3.63. The van der Waals surface area contributed by atoms with E-state index in [9.17, 15) is 14.0 Å². The van der Waals surface area contributed by atoms with Gasteiger partial charge in [0, 0.05) is 80.4 Å². The fraction of sp³-hybridized carbons (Fsp3) is 0.308. The number of aromatic nitrogens is 3. The van der Waals surface area contributed by atoms with E-state index in [1.54, 1.807) is 16.9 Å². The maximum absolute atomic E-state index is 13.8. The van der Waals surface area contributed by atoms with Crippen molar-refractivity contribution < 1.29 is 14.0 Å². The first kappa shape index (κ1) is 22.8. The molecule has 0 N–H and O–H groups in total. The Morgan fingerprint density at radius 1 is 1.00 bits per heavy atom. The molecule has 0 radical (unpaired) electrons. The molecule has 36 heavy (non-hydrogen) atoms. The van der Waals surface area contributed by atoms with Gasteiger partial charge < -0.3 is 9.80 Å². The largest absolute Gasteiger partial charge is 0.335 e. The average Bonchev–Trinajstić information content (AvgIpc) is 3.51. The van der Waals surface area contributed by atoms with Crippen LogP contribution in [0.3, 0.4) is 0 Å². The summed E-state index contributed by atoms with van der Waals surface area (Å²) in [6.45, 7) is 4.26. The Bertz CT molecular complexity index is 1440. The number of rotatable bonds is 4. The fourth-order valence-corrected chi connectivity index (χ4v) is 5.64. The number of carbonyl (C=O) groups excluding carboxylic acids is 2. The second kappa shape index (κ2) is 9.11. The molecule has 0 spiro atoms. The third-order valence-electron chi connectivity index (χ3n) is 7.08. The van der Waals surface area contributed by atoms with Crippen LogP contribution in [0.25, 0.3) is 22.2 Å². The lowest BCUT2D eigenvalue weighted by Crippen LogP contribution is -2.64. The molecule has 0 bridgehead atoms. The van der Waals surface area contributed by atoms with Crippen LogP contribution in [0.5, 0.6) is 0 Å². The van der Waals surface area contributed by atoms with E-state index in [-0.39, 0.29) is 17.6 Å². The first-order valence-electron chi connectivity index (χ1n) is 11.9. The van der Waals surface area contributed by atoms with Crippen molar-refractivity contribution in [2.45, 2.75) is 6.04 Å². The van der Waals surface area contributed by atoms with Crippen LogP contribution >= 0.6 is 11.3 Å². The second-order valence-electron chi connectivity index (χ2n) is 9.24. The molecule has 2 aliphatic heterocycles. The molecule has 2 aliphatic rings. The van der Waals surface area contributed by atoms with Gasteiger partial charge in [0.25, 0.3) is 11.8 Å². The number of amides is 2. The number of piperazine rings is 1. The third-order valence-corrected chi connectivity index (χ3v) is 7.84. The standard InChI is InChI=1S/C26H25FN6O2S/c1-30-22-6-5-18(14-21(22)23(29-30)17-3-2-4-19(27)13-17)25(34)33-15-20(16-33)31-8-10-32(11-9-31)26(35)24-28-7-12-36-24/h2-7,12-14,20H,8-11,15-16H2,1H3. The topological polar surface area (TPSA) is 74.6 Å². The van der Waals surface area contributed by atoms with Crippen molar-refractivity contribution in [1.82, 2.24) is 29.5 Å². The predicted molar refractivity (Wildman–Crippen MR) is 135 cm³/mol. The summed E-state index contributed by atoms with van der Waals surface area (Å²) in [6.07, 6.45) is 1.66. The summed E-state index contributed by atoms with van der Waals surface area (Å²) in [7, 11) is 1.84. The van der Waals surface area contributed by atoms with Gasteiger partial charge in [-0.2, -0.15) is 5.10 Å². The Morgan fingerprint density at radius 3 is 2.53 bits per heavy atom. The van der Waals surface area contributed by atoms with Crippen LogP contribution in [0.15, 0.2) is 54.0 Å². The number of benzene rings is 2. The molecule has 0 saturated carbocycles. The van der Waals surface area contributed by atoms with Crippen molar-refractivity contribution in [2.75, 3.05) is 39.3 Å². The first-order valence-corrected chi connectivity index (χ1v) is 12.8. The quantitative estimate of drug-likeness (QED) is 0.427. The van der Waals surface area contributed by atoms with Crippen LogP contribution in [0.2, 0.25) is 0 Å². The minimum atomic E-state index is -0.321. The van der Waals surface area contributed by atoms with Crippen LogP contribution in [0, 0.1) is 5.82 Å². The molecular formula is C26H25FN6O2S. The lowest BCUT2D eigenvalue weighted by molar-refractivity contribution is 0.00854. The fourth-order valence-electron chi connectivity index (χ4n) is 5.04. The zero-order valence-electron chi connectivity index (χ0n) is 19.8. The molecule has 10 heteroatoms. The van der Waals surface area contributed by atoms with Gasteiger partial charge in [0.2, 0.25) is 0 Å². The van der Waals surface area contributed by atoms with Crippen molar-refractivity contribution in [3.05, 3.63) is 70.4 Å². The number of thiazole rings is 1. The summed E-state index contributed by atoms with van der Waals surface area (Å²) in [5.74, 6) is -0.336. The first-order chi connectivity index (χ1) is 17.5. The van der Waals surface area contributed by atoms with Crippen molar-refractivity contribution in [2.24, 2.45) is 7.05 Å². The van der Waals surface area contributed by atoms with E-state index in [0.717, 1.165) is 24.0 Å². The highest BCUT2D eigenvalue weighted by atomic mass is 32.1.